The Bertz CT molecular complexity index is 191. The van der Waals surface area contributed by atoms with Crippen LogP contribution in [0.5, 0.6) is 0 Å². The third kappa shape index (κ3) is 1.74. The van der Waals surface area contributed by atoms with Crippen LogP contribution in [0.25, 0.3) is 0 Å². The van der Waals surface area contributed by atoms with Crippen LogP contribution < -0.4 is 5.73 Å². The van der Waals surface area contributed by atoms with E-state index < -0.39 is 0 Å². The number of rotatable bonds is 3. The van der Waals surface area contributed by atoms with Crippen LogP contribution in [-0.2, 0) is 6.42 Å². The molecule has 0 aliphatic rings. The summed E-state index contributed by atoms with van der Waals surface area (Å²) in [6, 6.07) is 3.76. The van der Waals surface area contributed by atoms with Crippen molar-refractivity contribution in [2.24, 2.45) is 5.73 Å². The van der Waals surface area contributed by atoms with E-state index in [-0.39, 0.29) is 6.04 Å². The lowest BCUT2D eigenvalue weighted by atomic mass is 10.2. The molecule has 0 bridgehead atoms. The maximum Gasteiger partial charge on any atom is 0.105 e. The van der Waals surface area contributed by atoms with Gasteiger partial charge in [-0.1, -0.05) is 6.08 Å². The Morgan fingerprint density at radius 2 is 2.60 bits per heavy atom. The topological polar surface area (TPSA) is 39.2 Å². The summed E-state index contributed by atoms with van der Waals surface area (Å²) < 4.78 is 5.08. The van der Waals surface area contributed by atoms with E-state index in [9.17, 15) is 0 Å². The summed E-state index contributed by atoms with van der Waals surface area (Å²) in [6.07, 6.45) is 4.09. The molecule has 0 aliphatic carbocycles. The molecule has 10 heavy (non-hydrogen) atoms. The van der Waals surface area contributed by atoms with Crippen molar-refractivity contribution in [1.82, 2.24) is 0 Å². The third-order valence-electron chi connectivity index (χ3n) is 1.32. The molecule has 0 saturated heterocycles. The maximum absolute atomic E-state index is 5.59. The molecule has 2 nitrogen and oxygen atoms in total. The van der Waals surface area contributed by atoms with Crippen molar-refractivity contribution < 1.29 is 4.42 Å². The lowest BCUT2D eigenvalue weighted by molar-refractivity contribution is 0.499. The van der Waals surface area contributed by atoms with Gasteiger partial charge in [-0.2, -0.15) is 0 Å². The Balaban J connectivity index is 2.47. The predicted octanol–water partition coefficient (Wildman–Crippen LogP) is 1.34. The summed E-state index contributed by atoms with van der Waals surface area (Å²) in [4.78, 5) is 0. The Hall–Kier alpha value is -1.02. The Kier molecular flexibility index (Phi) is 2.29. The second-order valence-electron chi connectivity index (χ2n) is 2.18. The molecule has 0 radical (unpaired) electrons. The van der Waals surface area contributed by atoms with Crippen LogP contribution in [0, 0.1) is 0 Å². The summed E-state index contributed by atoms with van der Waals surface area (Å²) in [7, 11) is 0. The second-order valence-corrected chi connectivity index (χ2v) is 2.18. The first-order chi connectivity index (χ1) is 4.83. The molecule has 1 unspecified atom stereocenters. The van der Waals surface area contributed by atoms with E-state index in [4.69, 9.17) is 10.2 Å². The van der Waals surface area contributed by atoms with Gasteiger partial charge in [-0.15, -0.1) is 6.58 Å². The normalized spacial score (nSPS) is 12.9. The molecule has 1 atom stereocenters. The molecule has 0 aliphatic heterocycles. The van der Waals surface area contributed by atoms with Crippen molar-refractivity contribution in [3.05, 3.63) is 36.8 Å². The minimum Gasteiger partial charge on any atom is -0.469 e. The summed E-state index contributed by atoms with van der Waals surface area (Å²) in [5.41, 5.74) is 5.59. The standard InChI is InChI=1S/C8H11NO/c1-2-7(9)6-8-4-3-5-10-8/h2-5,7H,1,6,9H2. The fraction of sp³-hybridized carbons (Fsp3) is 0.250. The van der Waals surface area contributed by atoms with Gasteiger partial charge in [0, 0.05) is 12.5 Å². The second kappa shape index (κ2) is 3.22. The van der Waals surface area contributed by atoms with Gasteiger partial charge in [0.05, 0.1) is 6.26 Å². The summed E-state index contributed by atoms with van der Waals surface area (Å²) in [5.74, 6) is 0.910. The highest BCUT2D eigenvalue weighted by Crippen LogP contribution is 2.02. The largest absolute Gasteiger partial charge is 0.469 e. The Morgan fingerprint density at radius 3 is 3.10 bits per heavy atom. The summed E-state index contributed by atoms with van der Waals surface area (Å²) in [6.45, 7) is 3.57. The molecule has 0 saturated carbocycles. The molecule has 0 aromatic carbocycles. The molecule has 2 N–H and O–H groups in total. The average Bonchev–Trinajstić information content (AvgIpc) is 2.40. The first-order valence-electron chi connectivity index (χ1n) is 3.23. The zero-order chi connectivity index (χ0) is 7.40. The van der Waals surface area contributed by atoms with Gasteiger partial charge in [0.25, 0.3) is 0 Å². The van der Waals surface area contributed by atoms with Gasteiger partial charge < -0.3 is 10.2 Å². The van der Waals surface area contributed by atoms with Crippen LogP contribution in [0.1, 0.15) is 5.76 Å². The zero-order valence-electron chi connectivity index (χ0n) is 5.79. The Morgan fingerprint density at radius 1 is 1.80 bits per heavy atom. The van der Waals surface area contributed by atoms with Crippen molar-refractivity contribution in [1.29, 1.82) is 0 Å². The lowest BCUT2D eigenvalue weighted by Crippen LogP contribution is -2.18. The van der Waals surface area contributed by atoms with E-state index in [1.54, 1.807) is 12.3 Å². The first-order valence-corrected chi connectivity index (χ1v) is 3.23. The zero-order valence-corrected chi connectivity index (χ0v) is 5.79. The highest BCUT2D eigenvalue weighted by molar-refractivity contribution is 5.02. The maximum atomic E-state index is 5.59. The minimum absolute atomic E-state index is 0.00569. The van der Waals surface area contributed by atoms with Crippen molar-refractivity contribution in [2.45, 2.75) is 12.5 Å². The van der Waals surface area contributed by atoms with Crippen LogP contribution in [0.3, 0.4) is 0 Å². The molecule has 54 valence electrons. The van der Waals surface area contributed by atoms with Crippen molar-refractivity contribution >= 4 is 0 Å². The van der Waals surface area contributed by atoms with Crippen LogP contribution in [-0.4, -0.2) is 6.04 Å². The minimum atomic E-state index is 0.00569. The Labute approximate surface area is 60.3 Å². The van der Waals surface area contributed by atoms with Gasteiger partial charge in [-0.25, -0.2) is 0 Å². The van der Waals surface area contributed by atoms with Crippen molar-refractivity contribution in [2.75, 3.05) is 0 Å². The lowest BCUT2D eigenvalue weighted by Gasteiger charge is -2.00. The van der Waals surface area contributed by atoms with E-state index in [1.165, 1.54) is 0 Å². The van der Waals surface area contributed by atoms with E-state index >= 15 is 0 Å². The molecule has 1 aromatic heterocycles. The predicted molar refractivity (Wildman–Crippen MR) is 40.6 cm³/mol. The molecule has 2 heteroatoms. The van der Waals surface area contributed by atoms with Crippen LogP contribution in [0.15, 0.2) is 35.5 Å². The molecule has 1 rings (SSSR count). The van der Waals surface area contributed by atoms with Gasteiger partial charge in [0.15, 0.2) is 0 Å². The average molecular weight is 137 g/mol. The van der Waals surface area contributed by atoms with Crippen LogP contribution >= 0.6 is 0 Å². The quantitative estimate of drug-likeness (QED) is 0.638. The third-order valence-corrected chi connectivity index (χ3v) is 1.32. The molecule has 0 spiro atoms. The number of furan rings is 1. The van der Waals surface area contributed by atoms with Gasteiger partial charge in [0.2, 0.25) is 0 Å². The SMILES string of the molecule is C=CC(N)Cc1ccco1. The van der Waals surface area contributed by atoms with Gasteiger partial charge in [-0.05, 0) is 12.1 Å². The monoisotopic (exact) mass is 137 g/mol. The summed E-state index contributed by atoms with van der Waals surface area (Å²) in [5, 5.41) is 0. The molecular weight excluding hydrogens is 126 g/mol. The molecule has 1 aromatic rings. The van der Waals surface area contributed by atoms with Gasteiger partial charge in [0.1, 0.15) is 5.76 Å². The fourth-order valence-electron chi connectivity index (χ4n) is 0.744. The van der Waals surface area contributed by atoms with E-state index in [2.05, 4.69) is 6.58 Å². The highest BCUT2D eigenvalue weighted by atomic mass is 16.3. The molecule has 0 amide bonds. The van der Waals surface area contributed by atoms with Crippen LogP contribution in [0.4, 0.5) is 0 Å². The fourth-order valence-corrected chi connectivity index (χ4v) is 0.744. The van der Waals surface area contributed by atoms with E-state index in [0.717, 1.165) is 12.2 Å². The molecule has 0 fully saturated rings. The van der Waals surface area contributed by atoms with E-state index in [1.807, 2.05) is 12.1 Å². The summed E-state index contributed by atoms with van der Waals surface area (Å²) >= 11 is 0. The van der Waals surface area contributed by atoms with Crippen LogP contribution in [0.2, 0.25) is 0 Å². The molecular formula is C8H11NO. The van der Waals surface area contributed by atoms with Gasteiger partial charge >= 0.3 is 0 Å². The number of hydrogen-bond acceptors (Lipinski definition) is 2. The number of hydrogen-bond donors (Lipinski definition) is 1. The van der Waals surface area contributed by atoms with Crippen molar-refractivity contribution in [3.8, 4) is 0 Å². The highest BCUT2D eigenvalue weighted by Gasteiger charge is 1.99. The van der Waals surface area contributed by atoms with Gasteiger partial charge in [-0.3, -0.25) is 0 Å². The molecule has 1 heterocycles. The van der Waals surface area contributed by atoms with E-state index in [0.29, 0.717) is 0 Å². The smallest absolute Gasteiger partial charge is 0.105 e. The number of nitrogens with two attached hydrogens (primary N) is 1. The van der Waals surface area contributed by atoms with Crippen molar-refractivity contribution in [3.63, 3.8) is 0 Å². The first kappa shape index (κ1) is 7.09.